The molecule has 6 nitrogen and oxygen atoms in total. The van der Waals surface area contributed by atoms with Gasteiger partial charge in [-0.3, -0.25) is 9.59 Å². The molecular weight excluding hydrogens is 336 g/mol. The van der Waals surface area contributed by atoms with Crippen LogP contribution >= 0.6 is 0 Å². The summed E-state index contributed by atoms with van der Waals surface area (Å²) in [4.78, 5) is 25.6. The van der Waals surface area contributed by atoms with Crippen LogP contribution < -0.4 is 0 Å². The highest BCUT2D eigenvalue weighted by Gasteiger charge is 2.72. The Labute approximate surface area is 151 Å². The molecule has 2 saturated heterocycles. The predicted molar refractivity (Wildman–Crippen MR) is 88.6 cm³/mol. The molecule has 4 fully saturated rings. The molecule has 1 aromatic rings. The molecule has 6 heteroatoms. The van der Waals surface area contributed by atoms with Crippen LogP contribution in [0.1, 0.15) is 50.7 Å². The van der Waals surface area contributed by atoms with Crippen molar-refractivity contribution in [2.24, 2.45) is 28.6 Å². The van der Waals surface area contributed by atoms with E-state index in [2.05, 4.69) is 0 Å². The van der Waals surface area contributed by atoms with Crippen molar-refractivity contribution >= 4 is 11.9 Å². The molecule has 0 aromatic carbocycles. The fourth-order valence-electron chi connectivity index (χ4n) is 6.55. The third-order valence-electron chi connectivity index (χ3n) is 7.80. The summed E-state index contributed by atoms with van der Waals surface area (Å²) in [5.41, 5.74) is -0.450. The summed E-state index contributed by atoms with van der Waals surface area (Å²) in [6.07, 6.45) is 5.77. The first kappa shape index (κ1) is 16.4. The number of fused-ring (bicyclic) bond motifs is 1. The van der Waals surface area contributed by atoms with E-state index in [0.29, 0.717) is 12.8 Å². The van der Waals surface area contributed by atoms with Gasteiger partial charge in [0.15, 0.2) is 0 Å². The lowest BCUT2D eigenvalue weighted by Gasteiger charge is -2.58. The molecule has 2 spiro atoms. The number of furan rings is 1. The molecule has 1 N–H and O–H groups in total. The third kappa shape index (κ3) is 1.81. The lowest BCUT2D eigenvalue weighted by molar-refractivity contribution is -0.191. The molecule has 1 aromatic heterocycles. The molecule has 5 rings (SSSR count). The summed E-state index contributed by atoms with van der Waals surface area (Å²) in [6.45, 7) is 2.26. The van der Waals surface area contributed by atoms with Gasteiger partial charge >= 0.3 is 11.9 Å². The highest BCUT2D eigenvalue weighted by molar-refractivity contribution is 5.82. The Bertz CT molecular complexity index is 741. The molecule has 0 radical (unpaired) electrons. The number of carbonyl (C=O) groups is 2. The SMILES string of the molecule is C[C@@H]1C[C@@H](O)[C@@]23COC(=O)[C@@H]2CCC[C@@H]3[C@@]12C[C@@H](c1ccoc1)OC2=O. The minimum absolute atomic E-state index is 0.00743. The number of cyclic esters (lactones) is 2. The second-order valence-corrected chi connectivity index (χ2v) is 8.60. The number of hydrogen-bond donors (Lipinski definition) is 1. The molecule has 26 heavy (non-hydrogen) atoms. The monoisotopic (exact) mass is 360 g/mol. The quantitative estimate of drug-likeness (QED) is 0.775. The predicted octanol–water partition coefficient (Wildman–Crippen LogP) is 2.61. The Kier molecular flexibility index (Phi) is 3.36. The van der Waals surface area contributed by atoms with E-state index < -0.39 is 16.9 Å². The van der Waals surface area contributed by atoms with Crippen molar-refractivity contribution in [1.82, 2.24) is 0 Å². The molecule has 7 atom stereocenters. The summed E-state index contributed by atoms with van der Waals surface area (Å²) in [6, 6.07) is 1.83. The average molecular weight is 360 g/mol. The van der Waals surface area contributed by atoms with Crippen LogP contribution in [0.5, 0.6) is 0 Å². The van der Waals surface area contributed by atoms with Crippen LogP contribution in [0, 0.1) is 28.6 Å². The van der Waals surface area contributed by atoms with Crippen LogP contribution in [0.3, 0.4) is 0 Å². The number of aliphatic hydroxyl groups excluding tert-OH is 1. The van der Waals surface area contributed by atoms with Gasteiger partial charge < -0.3 is 19.0 Å². The van der Waals surface area contributed by atoms with Crippen molar-refractivity contribution in [3.8, 4) is 0 Å². The zero-order chi connectivity index (χ0) is 18.1. The van der Waals surface area contributed by atoms with E-state index in [1.807, 2.05) is 13.0 Å². The zero-order valence-corrected chi connectivity index (χ0v) is 14.8. The molecule has 0 amide bonds. The molecular formula is C20H24O6. The largest absolute Gasteiger partial charge is 0.472 e. The molecule has 2 aliphatic heterocycles. The summed E-state index contributed by atoms with van der Waals surface area (Å²) in [7, 11) is 0. The Morgan fingerprint density at radius 2 is 2.12 bits per heavy atom. The summed E-state index contributed by atoms with van der Waals surface area (Å²) in [5.74, 6) is -0.805. The van der Waals surface area contributed by atoms with E-state index >= 15 is 0 Å². The fourth-order valence-corrected chi connectivity index (χ4v) is 6.55. The number of rotatable bonds is 1. The fraction of sp³-hybridized carbons (Fsp3) is 0.700. The van der Waals surface area contributed by atoms with Crippen LogP contribution in [0.25, 0.3) is 0 Å². The molecule has 2 saturated carbocycles. The van der Waals surface area contributed by atoms with Crippen molar-refractivity contribution in [1.29, 1.82) is 0 Å². The highest BCUT2D eigenvalue weighted by Crippen LogP contribution is 2.68. The Hall–Kier alpha value is -1.82. The minimum atomic E-state index is -0.673. The molecule has 0 unspecified atom stereocenters. The Morgan fingerprint density at radius 3 is 2.88 bits per heavy atom. The van der Waals surface area contributed by atoms with Gasteiger partial charge in [-0.25, -0.2) is 0 Å². The van der Waals surface area contributed by atoms with Gasteiger partial charge in [0.1, 0.15) is 12.7 Å². The smallest absolute Gasteiger partial charge is 0.313 e. The lowest BCUT2D eigenvalue weighted by Crippen LogP contribution is -2.63. The van der Waals surface area contributed by atoms with Gasteiger partial charge in [0.25, 0.3) is 0 Å². The summed E-state index contributed by atoms with van der Waals surface area (Å²) < 4.78 is 16.4. The molecule has 2 aliphatic carbocycles. The van der Waals surface area contributed by atoms with Crippen LogP contribution in [0.2, 0.25) is 0 Å². The van der Waals surface area contributed by atoms with Crippen LogP contribution in [0.4, 0.5) is 0 Å². The number of esters is 2. The maximum atomic E-state index is 13.2. The average Bonchev–Trinajstić information content (AvgIpc) is 3.33. The molecule has 4 aliphatic rings. The van der Waals surface area contributed by atoms with Gasteiger partial charge in [0, 0.05) is 17.4 Å². The highest BCUT2D eigenvalue weighted by atomic mass is 16.6. The van der Waals surface area contributed by atoms with Gasteiger partial charge in [0.05, 0.1) is 30.0 Å². The standard InChI is InChI=1S/C20H24O6/c1-11-7-16(21)20-10-25-17(22)13(20)3-2-4-15(20)19(11)8-14(26-18(19)23)12-5-6-24-9-12/h5-6,9,11,13-16,21H,2-4,7-8,10H2,1H3/t11-,13+,14+,15-,16-,19-,20+/m1/s1. The van der Waals surface area contributed by atoms with E-state index in [9.17, 15) is 14.7 Å². The normalized spacial score (nSPS) is 47.4. The number of ether oxygens (including phenoxy) is 2. The van der Waals surface area contributed by atoms with Crippen molar-refractivity contribution in [2.45, 2.75) is 51.2 Å². The Morgan fingerprint density at radius 1 is 1.27 bits per heavy atom. The van der Waals surface area contributed by atoms with Gasteiger partial charge in [-0.1, -0.05) is 13.3 Å². The van der Waals surface area contributed by atoms with E-state index in [1.54, 1.807) is 12.5 Å². The topological polar surface area (TPSA) is 86.0 Å². The minimum Gasteiger partial charge on any atom is -0.472 e. The van der Waals surface area contributed by atoms with Crippen molar-refractivity contribution in [2.75, 3.05) is 6.61 Å². The first-order valence-corrected chi connectivity index (χ1v) is 9.58. The van der Waals surface area contributed by atoms with Gasteiger partial charge in [0.2, 0.25) is 0 Å². The van der Waals surface area contributed by atoms with E-state index in [0.717, 1.165) is 24.8 Å². The van der Waals surface area contributed by atoms with E-state index in [-0.39, 0.29) is 42.4 Å². The zero-order valence-electron chi connectivity index (χ0n) is 14.8. The second-order valence-electron chi connectivity index (χ2n) is 8.60. The van der Waals surface area contributed by atoms with Crippen LogP contribution in [-0.4, -0.2) is 29.8 Å². The first-order valence-electron chi connectivity index (χ1n) is 9.58. The molecule has 0 bridgehead atoms. The lowest BCUT2D eigenvalue weighted by atomic mass is 9.43. The van der Waals surface area contributed by atoms with Crippen molar-refractivity contribution < 1.29 is 28.6 Å². The Balaban J connectivity index is 1.60. The van der Waals surface area contributed by atoms with E-state index in [4.69, 9.17) is 13.9 Å². The van der Waals surface area contributed by atoms with Gasteiger partial charge in [-0.05, 0) is 37.2 Å². The number of carbonyl (C=O) groups excluding carboxylic acids is 2. The number of aliphatic hydroxyl groups is 1. The van der Waals surface area contributed by atoms with Crippen LogP contribution in [0.15, 0.2) is 23.0 Å². The second kappa shape index (κ2) is 5.35. The third-order valence-corrected chi connectivity index (χ3v) is 7.80. The summed E-state index contributed by atoms with van der Waals surface area (Å²) in [5, 5.41) is 11.0. The first-order chi connectivity index (χ1) is 12.5. The van der Waals surface area contributed by atoms with Gasteiger partial charge in [-0.2, -0.15) is 0 Å². The summed E-state index contributed by atoms with van der Waals surface area (Å²) >= 11 is 0. The van der Waals surface area contributed by atoms with Crippen molar-refractivity contribution in [3.63, 3.8) is 0 Å². The van der Waals surface area contributed by atoms with Gasteiger partial charge in [-0.15, -0.1) is 0 Å². The molecule has 140 valence electrons. The van der Waals surface area contributed by atoms with Crippen molar-refractivity contribution in [3.05, 3.63) is 24.2 Å². The molecule has 3 heterocycles. The number of hydrogen-bond acceptors (Lipinski definition) is 6. The maximum absolute atomic E-state index is 13.2. The van der Waals surface area contributed by atoms with E-state index in [1.165, 1.54) is 0 Å². The maximum Gasteiger partial charge on any atom is 0.313 e. The van der Waals surface area contributed by atoms with Crippen LogP contribution in [-0.2, 0) is 19.1 Å².